The third-order valence-corrected chi connectivity index (χ3v) is 2.81. The van der Waals surface area contributed by atoms with Crippen LogP contribution >= 0.6 is 7.81 Å². The summed E-state index contributed by atoms with van der Waals surface area (Å²) in [7, 11) is -10.7. The molecule has 27 heavy (non-hydrogen) atoms. The van der Waals surface area contributed by atoms with E-state index in [-0.39, 0.29) is 6.67 Å². The van der Waals surface area contributed by atoms with E-state index in [0.29, 0.717) is 11.4 Å². The third kappa shape index (κ3) is 8.56. The van der Waals surface area contributed by atoms with Crippen molar-refractivity contribution in [1.82, 2.24) is 9.80 Å². The van der Waals surface area contributed by atoms with Gasteiger partial charge in [-0.3, -0.25) is 0 Å². The summed E-state index contributed by atoms with van der Waals surface area (Å²) in [6.07, 6.45) is -2.57. The zero-order valence-electron chi connectivity index (χ0n) is 13.0. The molecule has 0 bridgehead atoms. The van der Waals surface area contributed by atoms with Gasteiger partial charge in [-0.05, 0) is 6.92 Å². The average molecular weight is 457 g/mol. The third-order valence-electron chi connectivity index (χ3n) is 2.81. The summed E-state index contributed by atoms with van der Waals surface area (Å²) in [4.78, 5) is 2.10. The van der Waals surface area contributed by atoms with Gasteiger partial charge in [0, 0.05) is 18.9 Å². The van der Waals surface area contributed by atoms with E-state index < -0.39 is 38.5 Å². The second-order valence-corrected chi connectivity index (χ2v) is 7.17. The van der Waals surface area contributed by atoms with E-state index in [1.54, 1.807) is 6.92 Å². The molecule has 0 atom stereocenters. The van der Waals surface area contributed by atoms with E-state index in [2.05, 4.69) is 0 Å². The zero-order valence-corrected chi connectivity index (χ0v) is 13.9. The number of rotatable bonds is 6. The van der Waals surface area contributed by atoms with Gasteiger partial charge in [-0.15, -0.1) is 0 Å². The SMILES string of the molecule is CCN1C=CN(CC(F)(F)C(F)(F)C(F)(F)C(F)F)C1.F[P-](F)(F)(F)(F)F. The summed E-state index contributed by atoms with van der Waals surface area (Å²) < 4.78 is 161. The van der Waals surface area contributed by atoms with Gasteiger partial charge in [0.15, 0.2) is 0 Å². The van der Waals surface area contributed by atoms with Crippen LogP contribution in [0, 0.1) is 0 Å². The molecule has 0 N–H and O–H groups in total. The fourth-order valence-electron chi connectivity index (χ4n) is 1.56. The molecule has 0 unspecified atom stereocenters. The minimum atomic E-state index is -10.7. The molecule has 0 radical (unpaired) electrons. The molecule has 0 fully saturated rings. The van der Waals surface area contributed by atoms with Crippen molar-refractivity contribution >= 4 is 7.81 Å². The Hall–Kier alpha value is -1.21. The topological polar surface area (TPSA) is 6.48 Å². The minimum absolute atomic E-state index is 0.206. The van der Waals surface area contributed by atoms with Crippen molar-refractivity contribution in [3.05, 3.63) is 12.4 Å². The van der Waals surface area contributed by atoms with Crippen LogP contribution in [0.1, 0.15) is 6.92 Å². The fraction of sp³-hybridized carbons (Fsp3) is 0.800. The molecule has 0 aliphatic carbocycles. The maximum absolute atomic E-state index is 13.3. The summed E-state index contributed by atoms with van der Waals surface area (Å²) in [5, 5.41) is 0. The molecule has 0 spiro atoms. The first kappa shape index (κ1) is 25.8. The molecular formula is C10H12F14N2P-. The monoisotopic (exact) mass is 457 g/mol. The first-order valence-electron chi connectivity index (χ1n) is 6.55. The van der Waals surface area contributed by atoms with E-state index in [4.69, 9.17) is 0 Å². The van der Waals surface area contributed by atoms with Crippen LogP contribution in [-0.2, 0) is 0 Å². The Balaban J connectivity index is 0.000000821. The van der Waals surface area contributed by atoms with E-state index >= 15 is 0 Å². The van der Waals surface area contributed by atoms with Crippen LogP contribution in [0.15, 0.2) is 12.4 Å². The molecular weight excluding hydrogens is 445 g/mol. The Morgan fingerprint density at radius 2 is 1.22 bits per heavy atom. The van der Waals surface area contributed by atoms with Crippen molar-refractivity contribution < 1.29 is 60.3 Å². The Kier molecular flexibility index (Phi) is 6.39. The number of hydrogen-bond donors (Lipinski definition) is 0. The van der Waals surface area contributed by atoms with Crippen molar-refractivity contribution in [2.75, 3.05) is 19.8 Å². The molecule has 17 heteroatoms. The summed E-state index contributed by atoms with van der Waals surface area (Å²) in [5.74, 6) is -17.6. The van der Waals surface area contributed by atoms with Crippen LogP contribution in [0.25, 0.3) is 0 Å². The second kappa shape index (κ2) is 6.69. The van der Waals surface area contributed by atoms with Crippen molar-refractivity contribution in [1.29, 1.82) is 0 Å². The summed E-state index contributed by atoms with van der Waals surface area (Å²) in [5.41, 5.74) is 0. The van der Waals surface area contributed by atoms with Gasteiger partial charge < -0.3 is 9.80 Å². The van der Waals surface area contributed by atoms with Gasteiger partial charge in [-0.25, -0.2) is 8.78 Å². The van der Waals surface area contributed by atoms with Crippen LogP contribution in [0.3, 0.4) is 0 Å². The van der Waals surface area contributed by atoms with Gasteiger partial charge in [-0.1, -0.05) is 0 Å². The standard InChI is InChI=1S/C10H12F8N2.F6P/c1-2-19-3-4-20(6-19)5-8(13,14)10(17,18)9(15,16)7(11)12;1-7(2,3,4,5)6/h3-4,7H,2,5-6H2,1H3;/q;-1. The van der Waals surface area contributed by atoms with Crippen LogP contribution in [0.4, 0.5) is 60.3 Å². The summed E-state index contributed by atoms with van der Waals surface area (Å²) >= 11 is 0. The Labute approximate surface area is 142 Å². The van der Waals surface area contributed by atoms with Crippen LogP contribution in [0.2, 0.25) is 0 Å². The first-order valence-corrected chi connectivity index (χ1v) is 8.58. The summed E-state index contributed by atoms with van der Waals surface area (Å²) in [6, 6.07) is 0. The molecule has 2 nitrogen and oxygen atoms in total. The Morgan fingerprint density at radius 1 is 0.852 bits per heavy atom. The van der Waals surface area contributed by atoms with Gasteiger partial charge in [0.1, 0.15) is 0 Å². The van der Waals surface area contributed by atoms with Crippen molar-refractivity contribution in [3.8, 4) is 0 Å². The predicted octanol–water partition coefficient (Wildman–Crippen LogP) is 6.61. The van der Waals surface area contributed by atoms with Crippen molar-refractivity contribution in [3.63, 3.8) is 0 Å². The van der Waals surface area contributed by atoms with Gasteiger partial charge in [-0.2, -0.15) is 26.3 Å². The molecule has 0 aromatic heterocycles. The molecule has 0 aromatic rings. The Bertz CT molecular complexity index is 528. The van der Waals surface area contributed by atoms with E-state index in [9.17, 15) is 60.3 Å². The summed E-state index contributed by atoms with van der Waals surface area (Å²) in [6.45, 7) is 0.0609. The number of nitrogens with zero attached hydrogens (tertiary/aromatic N) is 2. The number of hydrogen-bond acceptors (Lipinski definition) is 2. The molecule has 0 amide bonds. The molecule has 166 valence electrons. The fourth-order valence-corrected chi connectivity index (χ4v) is 1.56. The normalized spacial score (nSPS) is 19.0. The van der Waals surface area contributed by atoms with E-state index in [0.717, 1.165) is 6.20 Å². The average Bonchev–Trinajstić information content (AvgIpc) is 2.81. The molecule has 1 heterocycles. The molecule has 0 saturated carbocycles. The maximum atomic E-state index is 13.3. The van der Waals surface area contributed by atoms with Crippen LogP contribution in [0.5, 0.6) is 0 Å². The first-order chi connectivity index (χ1) is 11.4. The van der Waals surface area contributed by atoms with Crippen molar-refractivity contribution in [2.45, 2.75) is 31.1 Å². The molecule has 0 saturated heterocycles. The molecule has 1 aliphatic rings. The van der Waals surface area contributed by atoms with E-state index in [1.165, 1.54) is 11.1 Å². The predicted molar refractivity (Wildman–Crippen MR) is 67.5 cm³/mol. The van der Waals surface area contributed by atoms with Crippen LogP contribution in [-0.4, -0.2) is 53.8 Å². The van der Waals surface area contributed by atoms with Gasteiger partial charge in [0.2, 0.25) is 0 Å². The number of halogens is 14. The molecule has 1 aliphatic heterocycles. The number of alkyl halides is 8. The van der Waals surface area contributed by atoms with Gasteiger partial charge in [0.25, 0.3) is 0 Å². The zero-order chi connectivity index (χ0) is 22.2. The second-order valence-electron chi connectivity index (χ2n) is 5.25. The van der Waals surface area contributed by atoms with E-state index in [1.807, 2.05) is 0 Å². The van der Waals surface area contributed by atoms with Gasteiger partial charge >= 0.3 is 57.2 Å². The molecule has 1 rings (SSSR count). The van der Waals surface area contributed by atoms with Crippen molar-refractivity contribution in [2.24, 2.45) is 0 Å². The quantitative estimate of drug-likeness (QED) is 0.328. The molecule has 0 aromatic carbocycles. The van der Waals surface area contributed by atoms with Crippen LogP contribution < -0.4 is 0 Å². The van der Waals surface area contributed by atoms with Gasteiger partial charge in [0.05, 0.1) is 13.2 Å². The Morgan fingerprint density at radius 3 is 1.52 bits per heavy atom.